The van der Waals surface area contributed by atoms with Crippen LogP contribution in [0.1, 0.15) is 37.7 Å². The SMILES string of the molecule is CCC(C(=O)N(C)C)c1cccc(NC2CC2)c1. The van der Waals surface area contributed by atoms with E-state index < -0.39 is 0 Å². The van der Waals surface area contributed by atoms with Crippen molar-refractivity contribution in [3.05, 3.63) is 29.8 Å². The second-order valence-electron chi connectivity index (χ2n) is 5.24. The lowest BCUT2D eigenvalue weighted by molar-refractivity contribution is -0.130. The van der Waals surface area contributed by atoms with Crippen LogP contribution < -0.4 is 5.32 Å². The Morgan fingerprint density at radius 1 is 1.44 bits per heavy atom. The monoisotopic (exact) mass is 246 g/mol. The highest BCUT2D eigenvalue weighted by Gasteiger charge is 2.23. The van der Waals surface area contributed by atoms with E-state index in [2.05, 4.69) is 24.4 Å². The standard InChI is InChI=1S/C15H22N2O/c1-4-14(15(18)17(2)3)11-6-5-7-13(10-11)16-12-8-9-12/h5-7,10,12,14,16H,4,8-9H2,1-3H3. The fourth-order valence-corrected chi connectivity index (χ4v) is 2.17. The van der Waals surface area contributed by atoms with Gasteiger partial charge in [0.25, 0.3) is 0 Å². The number of rotatable bonds is 5. The van der Waals surface area contributed by atoms with Crippen LogP contribution >= 0.6 is 0 Å². The molecule has 1 aliphatic carbocycles. The first kappa shape index (κ1) is 12.9. The predicted octanol–water partition coefficient (Wildman–Crippen LogP) is 2.84. The maximum absolute atomic E-state index is 12.1. The van der Waals surface area contributed by atoms with Gasteiger partial charge in [0.1, 0.15) is 0 Å². The number of carbonyl (C=O) groups is 1. The summed E-state index contributed by atoms with van der Waals surface area (Å²) in [6.45, 7) is 2.06. The zero-order valence-electron chi connectivity index (χ0n) is 11.4. The van der Waals surface area contributed by atoms with Crippen molar-refractivity contribution in [3.63, 3.8) is 0 Å². The molecule has 2 rings (SSSR count). The molecule has 3 nitrogen and oxygen atoms in total. The first-order valence-electron chi connectivity index (χ1n) is 6.69. The molecular weight excluding hydrogens is 224 g/mol. The third-order valence-corrected chi connectivity index (χ3v) is 3.38. The lowest BCUT2D eigenvalue weighted by Gasteiger charge is -2.20. The molecule has 3 heteroatoms. The number of benzene rings is 1. The van der Waals surface area contributed by atoms with E-state index in [9.17, 15) is 4.79 Å². The molecule has 1 aliphatic rings. The molecule has 1 aromatic carbocycles. The smallest absolute Gasteiger partial charge is 0.229 e. The zero-order valence-corrected chi connectivity index (χ0v) is 11.4. The molecule has 98 valence electrons. The van der Waals surface area contributed by atoms with Gasteiger partial charge in [0.2, 0.25) is 5.91 Å². The van der Waals surface area contributed by atoms with Crippen LogP contribution in [0.3, 0.4) is 0 Å². The van der Waals surface area contributed by atoms with Crippen LogP contribution in [0, 0.1) is 0 Å². The van der Waals surface area contributed by atoms with Gasteiger partial charge in [-0.2, -0.15) is 0 Å². The molecule has 1 aromatic rings. The molecule has 18 heavy (non-hydrogen) atoms. The first-order chi connectivity index (χ1) is 8.61. The molecule has 1 atom stereocenters. The normalized spacial score (nSPS) is 16.2. The molecule has 1 unspecified atom stereocenters. The van der Waals surface area contributed by atoms with Crippen LogP contribution in [-0.2, 0) is 4.79 Å². The van der Waals surface area contributed by atoms with Gasteiger partial charge in [0, 0.05) is 25.8 Å². The molecule has 0 heterocycles. The lowest BCUT2D eigenvalue weighted by atomic mass is 9.95. The summed E-state index contributed by atoms with van der Waals surface area (Å²) in [5.74, 6) is 0.155. The Bertz CT molecular complexity index is 424. The molecule has 0 radical (unpaired) electrons. The largest absolute Gasteiger partial charge is 0.382 e. The Balaban J connectivity index is 2.16. The topological polar surface area (TPSA) is 32.3 Å². The molecule has 1 fully saturated rings. The second-order valence-corrected chi connectivity index (χ2v) is 5.24. The number of nitrogens with zero attached hydrogens (tertiary/aromatic N) is 1. The van der Waals surface area contributed by atoms with E-state index >= 15 is 0 Å². The van der Waals surface area contributed by atoms with Gasteiger partial charge < -0.3 is 10.2 Å². The molecule has 0 aliphatic heterocycles. The Kier molecular flexibility index (Phi) is 3.90. The third kappa shape index (κ3) is 3.03. The van der Waals surface area contributed by atoms with E-state index in [1.165, 1.54) is 12.8 Å². The van der Waals surface area contributed by atoms with Gasteiger partial charge in [0.05, 0.1) is 5.92 Å². The van der Waals surface area contributed by atoms with E-state index in [4.69, 9.17) is 0 Å². The lowest BCUT2D eigenvalue weighted by Crippen LogP contribution is -2.28. The van der Waals surface area contributed by atoms with E-state index in [-0.39, 0.29) is 11.8 Å². The van der Waals surface area contributed by atoms with Crippen LogP contribution in [0.25, 0.3) is 0 Å². The first-order valence-corrected chi connectivity index (χ1v) is 6.69. The quantitative estimate of drug-likeness (QED) is 0.866. The summed E-state index contributed by atoms with van der Waals surface area (Å²) in [5, 5.41) is 3.48. The summed E-state index contributed by atoms with van der Waals surface area (Å²) >= 11 is 0. The molecule has 1 saturated carbocycles. The molecule has 0 bridgehead atoms. The average molecular weight is 246 g/mol. The van der Waals surface area contributed by atoms with Crippen molar-refractivity contribution < 1.29 is 4.79 Å². The fourth-order valence-electron chi connectivity index (χ4n) is 2.17. The predicted molar refractivity (Wildman–Crippen MR) is 74.8 cm³/mol. The van der Waals surface area contributed by atoms with Crippen LogP contribution in [0.15, 0.2) is 24.3 Å². The summed E-state index contributed by atoms with van der Waals surface area (Å²) in [6.07, 6.45) is 3.36. The molecule has 0 saturated heterocycles. The highest BCUT2D eigenvalue weighted by molar-refractivity contribution is 5.83. The van der Waals surface area contributed by atoms with E-state index in [1.807, 2.05) is 26.2 Å². The highest BCUT2D eigenvalue weighted by Crippen LogP contribution is 2.28. The second kappa shape index (κ2) is 5.42. The zero-order chi connectivity index (χ0) is 13.1. The van der Waals surface area contributed by atoms with Crippen molar-refractivity contribution in [1.29, 1.82) is 0 Å². The number of anilines is 1. The Labute approximate surface area is 109 Å². The van der Waals surface area contributed by atoms with Gasteiger partial charge in [-0.05, 0) is 37.0 Å². The van der Waals surface area contributed by atoms with E-state index in [0.29, 0.717) is 6.04 Å². The molecule has 1 N–H and O–H groups in total. The fraction of sp³-hybridized carbons (Fsp3) is 0.533. The summed E-state index contributed by atoms with van der Waals surface area (Å²) in [4.78, 5) is 13.8. The summed E-state index contributed by atoms with van der Waals surface area (Å²) in [5.41, 5.74) is 2.25. The minimum Gasteiger partial charge on any atom is -0.382 e. The van der Waals surface area contributed by atoms with Crippen molar-refractivity contribution in [2.75, 3.05) is 19.4 Å². The Morgan fingerprint density at radius 2 is 2.17 bits per heavy atom. The van der Waals surface area contributed by atoms with Gasteiger partial charge in [-0.15, -0.1) is 0 Å². The van der Waals surface area contributed by atoms with Gasteiger partial charge in [-0.1, -0.05) is 19.1 Å². The number of likely N-dealkylation sites (N-methyl/N-ethyl adjacent to an activating group) is 1. The summed E-state index contributed by atoms with van der Waals surface area (Å²) in [7, 11) is 3.63. The molecule has 0 aromatic heterocycles. The Hall–Kier alpha value is -1.51. The Morgan fingerprint density at radius 3 is 2.72 bits per heavy atom. The van der Waals surface area contributed by atoms with Crippen molar-refractivity contribution in [2.24, 2.45) is 0 Å². The van der Waals surface area contributed by atoms with Gasteiger partial charge in [0.15, 0.2) is 0 Å². The number of nitrogens with one attached hydrogen (secondary N) is 1. The maximum atomic E-state index is 12.1. The van der Waals surface area contributed by atoms with Crippen molar-refractivity contribution in [1.82, 2.24) is 4.90 Å². The van der Waals surface area contributed by atoms with E-state index in [1.54, 1.807) is 4.90 Å². The number of hydrogen-bond donors (Lipinski definition) is 1. The molecular formula is C15H22N2O. The average Bonchev–Trinajstić information content (AvgIpc) is 3.14. The van der Waals surface area contributed by atoms with Crippen LogP contribution in [0.4, 0.5) is 5.69 Å². The maximum Gasteiger partial charge on any atom is 0.229 e. The molecule has 1 amide bonds. The minimum absolute atomic E-state index is 0.0269. The summed E-state index contributed by atoms with van der Waals surface area (Å²) in [6, 6.07) is 8.92. The molecule has 0 spiro atoms. The number of hydrogen-bond acceptors (Lipinski definition) is 2. The number of amides is 1. The minimum atomic E-state index is -0.0269. The number of carbonyl (C=O) groups excluding carboxylic acids is 1. The highest BCUT2D eigenvalue weighted by atomic mass is 16.2. The van der Waals surface area contributed by atoms with Gasteiger partial charge >= 0.3 is 0 Å². The summed E-state index contributed by atoms with van der Waals surface area (Å²) < 4.78 is 0. The van der Waals surface area contributed by atoms with Crippen molar-refractivity contribution >= 4 is 11.6 Å². The van der Waals surface area contributed by atoms with E-state index in [0.717, 1.165) is 17.7 Å². The van der Waals surface area contributed by atoms with Gasteiger partial charge in [-0.25, -0.2) is 0 Å². The van der Waals surface area contributed by atoms with Crippen LogP contribution in [0.5, 0.6) is 0 Å². The van der Waals surface area contributed by atoms with Crippen LogP contribution in [0.2, 0.25) is 0 Å². The van der Waals surface area contributed by atoms with Crippen molar-refractivity contribution in [2.45, 2.75) is 38.1 Å². The van der Waals surface area contributed by atoms with Gasteiger partial charge in [-0.3, -0.25) is 4.79 Å². The van der Waals surface area contributed by atoms with Crippen LogP contribution in [-0.4, -0.2) is 30.9 Å². The third-order valence-electron chi connectivity index (χ3n) is 3.38. The van der Waals surface area contributed by atoms with Crippen molar-refractivity contribution in [3.8, 4) is 0 Å².